The Hall–Kier alpha value is -1.22. The third kappa shape index (κ3) is 1.92. The Morgan fingerprint density at radius 3 is 2.80 bits per heavy atom. The van der Waals surface area contributed by atoms with E-state index in [1.165, 1.54) is 0 Å². The average molecular weight is 225 g/mol. The predicted molar refractivity (Wildman–Crippen MR) is 62.0 cm³/mol. The molecule has 0 aliphatic carbocycles. The number of hydrogen-bond acceptors (Lipinski definition) is 2. The minimum Gasteiger partial charge on any atom is -0.397 e. The van der Waals surface area contributed by atoms with Gasteiger partial charge >= 0.3 is 0 Å². The second-order valence-electron chi connectivity index (χ2n) is 3.79. The van der Waals surface area contributed by atoms with Crippen LogP contribution in [0.2, 0.25) is 0 Å². The van der Waals surface area contributed by atoms with Gasteiger partial charge in [0.25, 0.3) is 0 Å². The summed E-state index contributed by atoms with van der Waals surface area (Å²) in [5, 5.41) is 0. The van der Waals surface area contributed by atoms with Crippen molar-refractivity contribution in [1.29, 1.82) is 0 Å². The summed E-state index contributed by atoms with van der Waals surface area (Å²) in [4.78, 5) is 13.4. The molecule has 0 saturated carbocycles. The zero-order chi connectivity index (χ0) is 10.8. The second-order valence-corrected chi connectivity index (χ2v) is 4.10. The lowest BCUT2D eigenvalue weighted by Crippen LogP contribution is -2.25. The normalized spacial score (nSPS) is 21.0. The molecule has 4 heteroatoms. The van der Waals surface area contributed by atoms with E-state index in [4.69, 9.17) is 17.3 Å². The van der Waals surface area contributed by atoms with Gasteiger partial charge in [0.05, 0.1) is 11.4 Å². The number of rotatable bonds is 2. The average Bonchev–Trinajstić information content (AvgIpc) is 2.60. The van der Waals surface area contributed by atoms with Gasteiger partial charge in [-0.05, 0) is 18.1 Å². The second kappa shape index (κ2) is 4.11. The molecule has 1 saturated heterocycles. The first kappa shape index (κ1) is 10.3. The molecule has 1 atom stereocenters. The topological polar surface area (TPSA) is 46.3 Å². The number of nitrogens with zero attached hydrogens (tertiary/aromatic N) is 1. The van der Waals surface area contributed by atoms with Crippen molar-refractivity contribution in [1.82, 2.24) is 0 Å². The predicted octanol–water partition coefficient (Wildman–Crippen LogP) is 1.86. The standard InChI is InChI=1S/C11H13ClN2O/c12-6-8-5-11(15)14(7-8)10-4-2-1-3-9(10)13/h1-4,8H,5-7,13H2. The van der Waals surface area contributed by atoms with E-state index in [9.17, 15) is 4.79 Å². The number of carbonyl (C=O) groups is 1. The van der Waals surface area contributed by atoms with E-state index in [2.05, 4.69) is 0 Å². The molecule has 1 aromatic rings. The number of halogens is 1. The van der Waals surface area contributed by atoms with Crippen LogP contribution in [0.4, 0.5) is 11.4 Å². The summed E-state index contributed by atoms with van der Waals surface area (Å²) in [5.74, 6) is 0.881. The minimum atomic E-state index is 0.110. The van der Waals surface area contributed by atoms with Crippen LogP contribution in [0.5, 0.6) is 0 Å². The van der Waals surface area contributed by atoms with Gasteiger partial charge in [-0.15, -0.1) is 11.6 Å². The number of carbonyl (C=O) groups excluding carboxylic acids is 1. The molecule has 1 fully saturated rings. The van der Waals surface area contributed by atoms with Gasteiger partial charge in [-0.3, -0.25) is 4.79 Å². The fraction of sp³-hybridized carbons (Fsp3) is 0.364. The molecule has 0 spiro atoms. The number of hydrogen-bond donors (Lipinski definition) is 1. The zero-order valence-electron chi connectivity index (χ0n) is 8.32. The Kier molecular flexibility index (Phi) is 2.82. The van der Waals surface area contributed by atoms with Crippen LogP contribution in [0, 0.1) is 5.92 Å². The van der Waals surface area contributed by atoms with Crippen LogP contribution in [0.15, 0.2) is 24.3 Å². The van der Waals surface area contributed by atoms with E-state index in [1.807, 2.05) is 18.2 Å². The molecule has 15 heavy (non-hydrogen) atoms. The first-order valence-corrected chi connectivity index (χ1v) is 5.46. The van der Waals surface area contributed by atoms with Crippen LogP contribution in [0.3, 0.4) is 0 Å². The van der Waals surface area contributed by atoms with Crippen molar-refractivity contribution in [3.8, 4) is 0 Å². The summed E-state index contributed by atoms with van der Waals surface area (Å²) in [6.07, 6.45) is 0.526. The highest BCUT2D eigenvalue weighted by Crippen LogP contribution is 2.29. The van der Waals surface area contributed by atoms with Gasteiger partial charge in [-0.25, -0.2) is 0 Å². The van der Waals surface area contributed by atoms with Gasteiger partial charge in [0.15, 0.2) is 0 Å². The molecule has 1 amide bonds. The molecule has 1 unspecified atom stereocenters. The maximum Gasteiger partial charge on any atom is 0.227 e. The summed E-state index contributed by atoms with van der Waals surface area (Å²) in [6, 6.07) is 7.41. The van der Waals surface area contributed by atoms with E-state index < -0.39 is 0 Å². The highest BCUT2D eigenvalue weighted by Gasteiger charge is 2.30. The maximum absolute atomic E-state index is 11.7. The highest BCUT2D eigenvalue weighted by atomic mass is 35.5. The third-order valence-electron chi connectivity index (χ3n) is 2.65. The first-order chi connectivity index (χ1) is 7.22. The maximum atomic E-state index is 11.7. The fourth-order valence-electron chi connectivity index (χ4n) is 1.85. The summed E-state index contributed by atoms with van der Waals surface area (Å²) in [7, 11) is 0. The summed E-state index contributed by atoms with van der Waals surface area (Å²) >= 11 is 5.76. The van der Waals surface area contributed by atoms with Gasteiger partial charge < -0.3 is 10.6 Å². The number of para-hydroxylation sites is 2. The SMILES string of the molecule is Nc1ccccc1N1CC(CCl)CC1=O. The number of benzene rings is 1. The molecule has 0 bridgehead atoms. The van der Waals surface area contributed by atoms with Crippen LogP contribution in [0.1, 0.15) is 6.42 Å². The quantitative estimate of drug-likeness (QED) is 0.616. The molecular weight excluding hydrogens is 212 g/mol. The van der Waals surface area contributed by atoms with Crippen molar-refractivity contribution in [2.75, 3.05) is 23.1 Å². The van der Waals surface area contributed by atoms with E-state index in [-0.39, 0.29) is 11.8 Å². The number of alkyl halides is 1. The van der Waals surface area contributed by atoms with Crippen LogP contribution in [0.25, 0.3) is 0 Å². The smallest absolute Gasteiger partial charge is 0.227 e. The van der Waals surface area contributed by atoms with Gasteiger partial charge in [0.2, 0.25) is 5.91 Å². The van der Waals surface area contributed by atoms with Crippen molar-refractivity contribution < 1.29 is 4.79 Å². The third-order valence-corrected chi connectivity index (χ3v) is 3.09. The Morgan fingerprint density at radius 1 is 1.47 bits per heavy atom. The number of anilines is 2. The molecule has 2 rings (SSSR count). The van der Waals surface area contributed by atoms with Gasteiger partial charge in [-0.2, -0.15) is 0 Å². The summed E-state index contributed by atoms with van der Waals surface area (Å²) in [5.41, 5.74) is 7.26. The van der Waals surface area contributed by atoms with E-state index in [0.29, 0.717) is 24.5 Å². The summed E-state index contributed by atoms with van der Waals surface area (Å²) < 4.78 is 0. The lowest BCUT2D eigenvalue weighted by molar-refractivity contribution is -0.117. The number of nitrogen functional groups attached to an aromatic ring is 1. The van der Waals surface area contributed by atoms with E-state index >= 15 is 0 Å². The van der Waals surface area contributed by atoms with Crippen molar-refractivity contribution in [3.63, 3.8) is 0 Å². The Labute approximate surface area is 93.8 Å². The monoisotopic (exact) mass is 224 g/mol. The van der Waals surface area contributed by atoms with E-state index in [1.54, 1.807) is 11.0 Å². The van der Waals surface area contributed by atoms with Crippen LogP contribution in [-0.4, -0.2) is 18.3 Å². The Morgan fingerprint density at radius 2 is 2.20 bits per heavy atom. The molecule has 1 heterocycles. The molecule has 3 nitrogen and oxygen atoms in total. The van der Waals surface area contributed by atoms with Crippen LogP contribution in [-0.2, 0) is 4.79 Å². The van der Waals surface area contributed by atoms with Crippen LogP contribution >= 0.6 is 11.6 Å². The zero-order valence-corrected chi connectivity index (χ0v) is 9.07. The largest absolute Gasteiger partial charge is 0.397 e. The van der Waals surface area contributed by atoms with Crippen molar-refractivity contribution in [2.45, 2.75) is 6.42 Å². The van der Waals surface area contributed by atoms with Crippen molar-refractivity contribution >= 4 is 28.9 Å². The minimum absolute atomic E-state index is 0.110. The first-order valence-electron chi connectivity index (χ1n) is 4.93. The van der Waals surface area contributed by atoms with Gasteiger partial charge in [-0.1, -0.05) is 12.1 Å². The highest BCUT2D eigenvalue weighted by molar-refractivity contribution is 6.18. The van der Waals surface area contributed by atoms with Crippen molar-refractivity contribution in [2.24, 2.45) is 5.92 Å². The lowest BCUT2D eigenvalue weighted by atomic mass is 10.1. The van der Waals surface area contributed by atoms with Crippen molar-refractivity contribution in [3.05, 3.63) is 24.3 Å². The van der Waals surface area contributed by atoms with Gasteiger partial charge in [0, 0.05) is 18.8 Å². The molecule has 0 aromatic heterocycles. The number of nitrogens with two attached hydrogens (primary N) is 1. The Balaban J connectivity index is 2.25. The molecule has 1 aliphatic heterocycles. The van der Waals surface area contributed by atoms with Gasteiger partial charge in [0.1, 0.15) is 0 Å². The lowest BCUT2D eigenvalue weighted by Gasteiger charge is -2.18. The molecule has 1 aliphatic rings. The molecule has 1 aromatic carbocycles. The fourth-order valence-corrected chi connectivity index (χ4v) is 2.06. The van der Waals surface area contributed by atoms with Crippen LogP contribution < -0.4 is 10.6 Å². The van der Waals surface area contributed by atoms with E-state index in [0.717, 1.165) is 5.69 Å². The Bertz CT molecular complexity index is 381. The summed E-state index contributed by atoms with van der Waals surface area (Å²) in [6.45, 7) is 0.677. The molecule has 80 valence electrons. The molecule has 0 radical (unpaired) electrons. The molecule has 2 N–H and O–H groups in total. The molecular formula is C11H13ClN2O. The number of amides is 1.